The molecule has 0 bridgehead atoms. The van der Waals surface area contributed by atoms with Crippen LogP contribution in [0.5, 0.6) is 0 Å². The van der Waals surface area contributed by atoms with Crippen LogP contribution in [-0.4, -0.2) is 38.3 Å². The summed E-state index contributed by atoms with van der Waals surface area (Å²) in [4.78, 5) is 26.0. The van der Waals surface area contributed by atoms with E-state index in [4.69, 9.17) is 0 Å². The minimum absolute atomic E-state index is 0.0550. The van der Waals surface area contributed by atoms with Gasteiger partial charge in [0, 0.05) is 5.69 Å². The number of esters is 1. The van der Waals surface area contributed by atoms with Gasteiger partial charge in [-0.2, -0.15) is 8.42 Å². The number of carbonyl (C=O) groups is 2. The number of ether oxygens (including phenoxy) is 1. The van der Waals surface area contributed by atoms with Gasteiger partial charge in [-0.15, -0.1) is 4.40 Å². The molecule has 8 nitrogen and oxygen atoms in total. The first-order valence-corrected chi connectivity index (χ1v) is 12.7. The molecule has 1 N–H and O–H groups in total. The Hall–Kier alpha value is -3.63. The van der Waals surface area contributed by atoms with Gasteiger partial charge in [0.1, 0.15) is 4.90 Å². The molecule has 34 heavy (non-hydrogen) atoms. The summed E-state index contributed by atoms with van der Waals surface area (Å²) in [6, 6.07) is 22.6. The maximum atomic E-state index is 12.8. The number of rotatable bonds is 6. The molecule has 0 spiro atoms. The van der Waals surface area contributed by atoms with Gasteiger partial charge in [0.2, 0.25) is 5.91 Å². The van der Waals surface area contributed by atoms with Crippen molar-refractivity contribution in [1.29, 1.82) is 0 Å². The molecule has 1 heterocycles. The van der Waals surface area contributed by atoms with Crippen molar-refractivity contribution in [1.82, 2.24) is 0 Å². The summed E-state index contributed by atoms with van der Waals surface area (Å²) in [5.74, 6) is -0.862. The molecule has 0 aromatic heterocycles. The zero-order chi connectivity index (χ0) is 24.1. The number of amidine groups is 1. The Morgan fingerprint density at radius 1 is 0.971 bits per heavy atom. The Labute approximate surface area is 201 Å². The summed E-state index contributed by atoms with van der Waals surface area (Å²) >= 11 is 1.04. The molecule has 4 rings (SSSR count). The molecule has 0 radical (unpaired) electrons. The number of nitrogens with zero attached hydrogens (tertiary/aromatic N) is 2. The monoisotopic (exact) mass is 495 g/mol. The van der Waals surface area contributed by atoms with E-state index in [9.17, 15) is 18.0 Å². The molecule has 0 aliphatic carbocycles. The van der Waals surface area contributed by atoms with E-state index in [-0.39, 0.29) is 21.7 Å². The maximum absolute atomic E-state index is 12.8. The first-order valence-electron chi connectivity index (χ1n) is 10.2. The first-order chi connectivity index (χ1) is 16.4. The lowest BCUT2D eigenvalue weighted by Gasteiger charge is -2.30. The van der Waals surface area contributed by atoms with Crippen molar-refractivity contribution in [2.45, 2.75) is 11.4 Å². The summed E-state index contributed by atoms with van der Waals surface area (Å²) in [5.41, 5.74) is 2.36. The highest BCUT2D eigenvalue weighted by atomic mass is 32.2. The van der Waals surface area contributed by atoms with E-state index in [1.807, 2.05) is 30.3 Å². The Balaban J connectivity index is 1.51. The Bertz CT molecular complexity index is 1340. The highest BCUT2D eigenvalue weighted by Crippen LogP contribution is 2.35. The smallest absolute Gasteiger partial charge is 0.337 e. The standard InChI is InChI=1S/C24H21N3O5S2/c1-32-23(29)18-11-13-19(14-12-18)25-22(28)16-33-24-26-34(30,31)21-10-6-5-9-20(21)27(24)15-17-7-3-2-4-8-17/h2-14H,15-16H2,1H3,(H,25,28). The van der Waals surface area contributed by atoms with Crippen molar-refractivity contribution in [2.75, 3.05) is 23.1 Å². The predicted octanol–water partition coefficient (Wildman–Crippen LogP) is 3.91. The van der Waals surface area contributed by atoms with Crippen molar-refractivity contribution in [3.8, 4) is 0 Å². The van der Waals surface area contributed by atoms with Gasteiger partial charge in [0.15, 0.2) is 5.17 Å². The van der Waals surface area contributed by atoms with Gasteiger partial charge < -0.3 is 15.0 Å². The molecule has 0 atom stereocenters. The number of fused-ring (bicyclic) bond motifs is 1. The molecule has 0 fully saturated rings. The van der Waals surface area contributed by atoms with E-state index in [0.29, 0.717) is 23.5 Å². The molecular formula is C24H21N3O5S2. The number of anilines is 2. The van der Waals surface area contributed by atoms with Gasteiger partial charge in [0.05, 0.1) is 30.7 Å². The lowest BCUT2D eigenvalue weighted by molar-refractivity contribution is -0.113. The molecule has 0 unspecified atom stereocenters. The molecule has 0 saturated carbocycles. The normalized spacial score (nSPS) is 14.0. The van der Waals surface area contributed by atoms with E-state index in [2.05, 4.69) is 14.5 Å². The van der Waals surface area contributed by atoms with Crippen LogP contribution in [-0.2, 0) is 26.1 Å². The predicted molar refractivity (Wildman–Crippen MR) is 133 cm³/mol. The summed E-state index contributed by atoms with van der Waals surface area (Å²) in [5, 5.41) is 2.96. The van der Waals surface area contributed by atoms with Gasteiger partial charge in [-0.05, 0) is 42.0 Å². The van der Waals surface area contributed by atoms with Crippen molar-refractivity contribution in [3.05, 3.63) is 90.0 Å². The highest BCUT2D eigenvalue weighted by molar-refractivity contribution is 8.15. The summed E-state index contributed by atoms with van der Waals surface area (Å²) in [6.45, 7) is 0.399. The lowest BCUT2D eigenvalue weighted by atomic mass is 10.2. The number of carbonyl (C=O) groups excluding carboxylic acids is 2. The van der Waals surface area contributed by atoms with Gasteiger partial charge in [-0.3, -0.25) is 4.79 Å². The van der Waals surface area contributed by atoms with Crippen LogP contribution in [0.3, 0.4) is 0 Å². The molecule has 1 aliphatic heterocycles. The third-order valence-corrected chi connectivity index (χ3v) is 7.38. The average molecular weight is 496 g/mol. The highest BCUT2D eigenvalue weighted by Gasteiger charge is 2.31. The van der Waals surface area contributed by atoms with E-state index < -0.39 is 16.0 Å². The molecule has 0 saturated heterocycles. The Morgan fingerprint density at radius 2 is 1.65 bits per heavy atom. The van der Waals surface area contributed by atoms with E-state index in [1.165, 1.54) is 13.2 Å². The van der Waals surface area contributed by atoms with Crippen LogP contribution >= 0.6 is 11.8 Å². The number of hydrogen-bond donors (Lipinski definition) is 1. The van der Waals surface area contributed by atoms with Crippen LogP contribution in [0.15, 0.2) is 88.2 Å². The molecule has 3 aromatic carbocycles. The number of nitrogens with one attached hydrogen (secondary N) is 1. The van der Waals surface area contributed by atoms with Crippen molar-refractivity contribution in [2.24, 2.45) is 4.40 Å². The fraction of sp³-hybridized carbons (Fsp3) is 0.125. The number of thioether (sulfide) groups is 1. The number of methoxy groups -OCH3 is 1. The summed E-state index contributed by atoms with van der Waals surface area (Å²) in [6.07, 6.45) is 0. The van der Waals surface area contributed by atoms with Crippen LogP contribution in [0.2, 0.25) is 0 Å². The molecule has 3 aromatic rings. The first kappa shape index (κ1) is 23.5. The Morgan fingerprint density at radius 3 is 2.35 bits per heavy atom. The van der Waals surface area contributed by atoms with Crippen molar-refractivity contribution in [3.63, 3.8) is 0 Å². The van der Waals surface area contributed by atoms with Crippen LogP contribution in [0.25, 0.3) is 0 Å². The van der Waals surface area contributed by atoms with Crippen LogP contribution < -0.4 is 10.2 Å². The fourth-order valence-electron chi connectivity index (χ4n) is 3.36. The third kappa shape index (κ3) is 5.29. The van der Waals surface area contributed by atoms with Gasteiger partial charge >= 0.3 is 5.97 Å². The topological polar surface area (TPSA) is 105 Å². The van der Waals surface area contributed by atoms with E-state index >= 15 is 0 Å². The van der Waals surface area contributed by atoms with Gasteiger partial charge in [-0.25, -0.2) is 4.79 Å². The molecule has 10 heteroatoms. The van der Waals surface area contributed by atoms with Crippen LogP contribution in [0, 0.1) is 0 Å². The maximum Gasteiger partial charge on any atom is 0.337 e. The largest absolute Gasteiger partial charge is 0.465 e. The average Bonchev–Trinajstić information content (AvgIpc) is 2.85. The molecule has 174 valence electrons. The molecule has 1 amide bonds. The summed E-state index contributed by atoms with van der Waals surface area (Å²) < 4.78 is 34.2. The Kier molecular flexibility index (Phi) is 6.99. The fourth-order valence-corrected chi connectivity index (χ4v) is 5.61. The number of amides is 1. The van der Waals surface area contributed by atoms with Crippen molar-refractivity contribution < 1.29 is 22.7 Å². The minimum atomic E-state index is -3.89. The third-order valence-electron chi connectivity index (χ3n) is 4.97. The zero-order valence-corrected chi connectivity index (χ0v) is 19.8. The molecule has 1 aliphatic rings. The second kappa shape index (κ2) is 10.1. The van der Waals surface area contributed by atoms with E-state index in [0.717, 1.165) is 17.3 Å². The van der Waals surface area contributed by atoms with Crippen LogP contribution in [0.4, 0.5) is 11.4 Å². The van der Waals surface area contributed by atoms with Crippen LogP contribution in [0.1, 0.15) is 15.9 Å². The minimum Gasteiger partial charge on any atom is -0.465 e. The van der Waals surface area contributed by atoms with Crippen molar-refractivity contribution >= 4 is 50.2 Å². The quantitative estimate of drug-likeness (QED) is 0.517. The number of benzene rings is 3. The summed E-state index contributed by atoms with van der Waals surface area (Å²) in [7, 11) is -2.59. The SMILES string of the molecule is COC(=O)c1ccc(NC(=O)CSC2=NS(=O)(=O)c3ccccc3N2Cc2ccccc2)cc1. The second-order valence-corrected chi connectivity index (χ2v) is 9.81. The van der Waals surface area contributed by atoms with Gasteiger partial charge in [0.25, 0.3) is 10.0 Å². The molecular weight excluding hydrogens is 474 g/mol. The number of sulfonamides is 1. The number of para-hydroxylation sites is 1. The van der Waals surface area contributed by atoms with Gasteiger partial charge in [-0.1, -0.05) is 54.2 Å². The van der Waals surface area contributed by atoms with E-state index in [1.54, 1.807) is 47.4 Å². The number of hydrogen-bond acceptors (Lipinski definition) is 7. The zero-order valence-electron chi connectivity index (χ0n) is 18.2. The lowest BCUT2D eigenvalue weighted by Crippen LogP contribution is -2.34. The second-order valence-electron chi connectivity index (χ2n) is 7.29.